The fraction of sp³-hybridized carbons (Fsp3) is 0.393. The summed E-state index contributed by atoms with van der Waals surface area (Å²) in [5.41, 5.74) is 3.70. The van der Waals surface area contributed by atoms with Crippen LogP contribution < -0.4 is 4.72 Å². The molecular weight excluding hydrogens is 538 g/mol. The zero-order chi connectivity index (χ0) is 28.5. The third-order valence-electron chi connectivity index (χ3n) is 7.36. The SMILES string of the molecule is CCN(CC)C1=CC2OC3=CC(=[N+](CC)CC)C=CC3=C(c3ccc(S(=O)(=O)[O-])cc3S(=O)(=O)NC)C2C=C1. The van der Waals surface area contributed by atoms with Gasteiger partial charge in [0.25, 0.3) is 0 Å². The Bertz CT molecular complexity index is 1550. The number of fused-ring (bicyclic) bond motifs is 2. The Hall–Kier alpha value is -2.99. The molecule has 1 aliphatic heterocycles. The van der Waals surface area contributed by atoms with Gasteiger partial charge in [-0.25, -0.2) is 26.1 Å². The van der Waals surface area contributed by atoms with Crippen LogP contribution in [0, 0.1) is 5.92 Å². The van der Waals surface area contributed by atoms with Crippen molar-refractivity contribution < 1.29 is 30.7 Å². The standard InChI is InChI=1S/C28H35N3O6S2/c1-6-30(7-2)19-10-13-22-25(16-19)37-26-17-20(31(8-3)9-4)11-14-23(26)28(22)24-15-12-21(39(34,35)36)18-27(24)38(32,33)29-5/h10-18,22,25,29H,6-9H2,1-5H3. The van der Waals surface area contributed by atoms with E-state index in [0.29, 0.717) is 22.5 Å². The summed E-state index contributed by atoms with van der Waals surface area (Å²) in [5.74, 6) is 0.256. The van der Waals surface area contributed by atoms with Crippen molar-refractivity contribution in [2.75, 3.05) is 33.2 Å². The van der Waals surface area contributed by atoms with Crippen molar-refractivity contribution in [2.24, 2.45) is 5.92 Å². The van der Waals surface area contributed by atoms with E-state index in [9.17, 15) is 21.4 Å². The van der Waals surface area contributed by atoms with Gasteiger partial charge in [0, 0.05) is 36.4 Å². The van der Waals surface area contributed by atoms with Gasteiger partial charge in [-0.05, 0) is 76.2 Å². The van der Waals surface area contributed by atoms with Gasteiger partial charge >= 0.3 is 0 Å². The molecule has 1 aromatic rings. The van der Waals surface area contributed by atoms with E-state index < -0.39 is 31.1 Å². The predicted molar refractivity (Wildman–Crippen MR) is 150 cm³/mol. The van der Waals surface area contributed by atoms with Crippen LogP contribution in [0.1, 0.15) is 33.3 Å². The third-order valence-corrected chi connectivity index (χ3v) is 9.65. The van der Waals surface area contributed by atoms with Crippen molar-refractivity contribution in [3.05, 3.63) is 77.2 Å². The molecule has 2 atom stereocenters. The molecular formula is C28H35N3O6S2. The summed E-state index contributed by atoms with van der Waals surface area (Å²) in [4.78, 5) is 1.33. The summed E-state index contributed by atoms with van der Waals surface area (Å²) < 4.78 is 72.8. The van der Waals surface area contributed by atoms with E-state index in [0.717, 1.165) is 49.7 Å². The highest BCUT2D eigenvalue weighted by molar-refractivity contribution is 7.89. The minimum atomic E-state index is -4.88. The molecule has 1 N–H and O–H groups in total. The molecule has 39 heavy (non-hydrogen) atoms. The highest BCUT2D eigenvalue weighted by Crippen LogP contribution is 2.46. The summed E-state index contributed by atoms with van der Waals surface area (Å²) in [6, 6.07) is 3.51. The number of allylic oxidation sites excluding steroid dienone is 4. The first-order chi connectivity index (χ1) is 18.5. The lowest BCUT2D eigenvalue weighted by Gasteiger charge is -2.38. The van der Waals surface area contributed by atoms with Crippen LogP contribution in [-0.2, 0) is 24.9 Å². The Kier molecular flexibility index (Phi) is 8.36. The molecule has 0 saturated heterocycles. The van der Waals surface area contributed by atoms with E-state index in [4.69, 9.17) is 4.74 Å². The van der Waals surface area contributed by atoms with Crippen molar-refractivity contribution in [3.8, 4) is 0 Å². The molecule has 9 nitrogen and oxygen atoms in total. The predicted octanol–water partition coefficient (Wildman–Crippen LogP) is 3.01. The molecule has 0 saturated carbocycles. The van der Waals surface area contributed by atoms with Gasteiger partial charge in [0.1, 0.15) is 35.1 Å². The molecule has 0 radical (unpaired) electrons. The first kappa shape index (κ1) is 29.0. The lowest BCUT2D eigenvalue weighted by molar-refractivity contribution is -0.519. The number of rotatable bonds is 9. The number of nitrogens with zero attached hydrogens (tertiary/aromatic N) is 2. The van der Waals surface area contributed by atoms with Crippen LogP contribution in [0.2, 0.25) is 0 Å². The van der Waals surface area contributed by atoms with Crippen molar-refractivity contribution in [1.82, 2.24) is 9.62 Å². The highest BCUT2D eigenvalue weighted by atomic mass is 32.2. The number of hydrogen-bond donors (Lipinski definition) is 1. The molecule has 4 rings (SSSR count). The molecule has 0 fully saturated rings. The molecule has 1 heterocycles. The van der Waals surface area contributed by atoms with E-state index >= 15 is 0 Å². The average molecular weight is 574 g/mol. The van der Waals surface area contributed by atoms with Gasteiger partial charge < -0.3 is 14.2 Å². The number of hydrogen-bond acceptors (Lipinski definition) is 7. The Labute approximate surface area is 231 Å². The normalized spacial score (nSPS) is 20.6. The largest absolute Gasteiger partial charge is 0.744 e. The first-order valence-corrected chi connectivity index (χ1v) is 16.0. The maximum Gasteiger partial charge on any atom is 0.240 e. The zero-order valence-electron chi connectivity index (χ0n) is 22.8. The number of benzene rings is 1. The fourth-order valence-electron chi connectivity index (χ4n) is 5.29. The van der Waals surface area contributed by atoms with Gasteiger partial charge in [-0.2, -0.15) is 0 Å². The van der Waals surface area contributed by atoms with E-state index in [2.05, 4.69) is 41.9 Å². The molecule has 2 unspecified atom stereocenters. The highest BCUT2D eigenvalue weighted by Gasteiger charge is 2.39. The van der Waals surface area contributed by atoms with Gasteiger partial charge in [-0.15, -0.1) is 0 Å². The van der Waals surface area contributed by atoms with Gasteiger partial charge in [-0.3, -0.25) is 0 Å². The Morgan fingerprint density at radius 1 is 1.03 bits per heavy atom. The Balaban J connectivity index is 2.01. The maximum atomic E-state index is 13.2. The average Bonchev–Trinajstić information content (AvgIpc) is 2.92. The van der Waals surface area contributed by atoms with Crippen LogP contribution in [0.3, 0.4) is 0 Å². The summed E-state index contributed by atoms with van der Waals surface area (Å²) in [6.07, 6.45) is 11.5. The van der Waals surface area contributed by atoms with Crippen LogP contribution >= 0.6 is 0 Å². The van der Waals surface area contributed by atoms with Crippen LogP contribution in [0.5, 0.6) is 0 Å². The number of sulfonamides is 1. The minimum Gasteiger partial charge on any atom is -0.744 e. The quantitative estimate of drug-likeness (QED) is 0.356. The molecule has 210 valence electrons. The second-order valence-electron chi connectivity index (χ2n) is 9.32. The lowest BCUT2D eigenvalue weighted by atomic mass is 9.78. The third kappa shape index (κ3) is 5.54. The molecule has 1 aromatic carbocycles. The summed E-state index contributed by atoms with van der Waals surface area (Å²) in [7, 11) is -7.76. The maximum absolute atomic E-state index is 13.2. The second kappa shape index (κ2) is 11.2. The smallest absolute Gasteiger partial charge is 0.240 e. The molecule has 0 spiro atoms. The molecule has 2 aliphatic carbocycles. The van der Waals surface area contributed by atoms with Gasteiger partial charge in [0.05, 0.1) is 15.9 Å². The number of ether oxygens (including phenoxy) is 1. The second-order valence-corrected chi connectivity index (χ2v) is 12.6. The molecule has 3 aliphatic rings. The molecule has 0 aromatic heterocycles. The Morgan fingerprint density at radius 3 is 2.31 bits per heavy atom. The lowest BCUT2D eigenvalue weighted by Crippen LogP contribution is -2.34. The van der Waals surface area contributed by atoms with Crippen LogP contribution in [0.25, 0.3) is 5.57 Å². The van der Waals surface area contributed by atoms with Crippen molar-refractivity contribution in [1.29, 1.82) is 0 Å². The summed E-state index contributed by atoms with van der Waals surface area (Å²) >= 11 is 0. The van der Waals surface area contributed by atoms with Gasteiger partial charge in [0.15, 0.2) is 0 Å². The fourth-order valence-corrected chi connectivity index (χ4v) is 6.83. The van der Waals surface area contributed by atoms with Gasteiger partial charge in [-0.1, -0.05) is 12.1 Å². The van der Waals surface area contributed by atoms with Crippen LogP contribution in [0.15, 0.2) is 81.5 Å². The summed E-state index contributed by atoms with van der Waals surface area (Å²) in [5, 5.41) is 0. The van der Waals surface area contributed by atoms with Crippen molar-refractivity contribution in [3.63, 3.8) is 0 Å². The van der Waals surface area contributed by atoms with Gasteiger partial charge in [0.2, 0.25) is 15.7 Å². The van der Waals surface area contributed by atoms with E-state index in [-0.39, 0.29) is 10.8 Å². The Morgan fingerprint density at radius 2 is 1.72 bits per heavy atom. The molecule has 0 amide bonds. The van der Waals surface area contributed by atoms with E-state index in [1.807, 2.05) is 36.5 Å². The van der Waals surface area contributed by atoms with Crippen molar-refractivity contribution in [2.45, 2.75) is 43.6 Å². The molecule has 0 bridgehead atoms. The van der Waals surface area contributed by atoms with E-state index in [1.165, 1.54) is 13.1 Å². The monoisotopic (exact) mass is 573 g/mol. The number of likely N-dealkylation sites (N-methyl/N-ethyl adjacent to an activating group) is 1. The van der Waals surface area contributed by atoms with Crippen LogP contribution in [0.4, 0.5) is 0 Å². The molecule has 11 heteroatoms. The summed E-state index contributed by atoms with van der Waals surface area (Å²) in [6.45, 7) is 11.6. The minimum absolute atomic E-state index is 0.275. The van der Waals surface area contributed by atoms with Crippen LogP contribution in [-0.4, -0.2) is 75.9 Å². The number of nitrogens with one attached hydrogen (secondary N) is 1. The van der Waals surface area contributed by atoms with Crippen molar-refractivity contribution >= 4 is 31.4 Å². The van der Waals surface area contributed by atoms with E-state index in [1.54, 1.807) is 0 Å². The zero-order valence-corrected chi connectivity index (χ0v) is 24.5. The topological polar surface area (TPSA) is 119 Å². The first-order valence-electron chi connectivity index (χ1n) is 13.1.